The van der Waals surface area contributed by atoms with Crippen LogP contribution >= 0.6 is 0 Å². The summed E-state index contributed by atoms with van der Waals surface area (Å²) in [7, 11) is 0. The summed E-state index contributed by atoms with van der Waals surface area (Å²) >= 11 is 0. The zero-order valence-electron chi connectivity index (χ0n) is 20.8. The van der Waals surface area contributed by atoms with Crippen LogP contribution in [0.15, 0.2) is 66.9 Å². The molecule has 2 aromatic carbocycles. The Morgan fingerprint density at radius 2 is 1.84 bits per heavy atom. The number of nitrogens with zero attached hydrogens (tertiary/aromatic N) is 4. The molecule has 2 aromatic heterocycles. The molecule has 0 saturated carbocycles. The fourth-order valence-electron chi connectivity index (χ4n) is 4.94. The zero-order valence-corrected chi connectivity index (χ0v) is 20.8. The van der Waals surface area contributed by atoms with Crippen LogP contribution in [0.4, 0.5) is 19.0 Å². The summed E-state index contributed by atoms with van der Waals surface area (Å²) in [5.41, 5.74) is 1.35. The molecular formula is C29H30F3N5. The number of hydrogen-bond donors (Lipinski definition) is 1. The lowest BCUT2D eigenvalue weighted by molar-refractivity contribution is -0.137. The van der Waals surface area contributed by atoms with Crippen LogP contribution in [0.5, 0.6) is 0 Å². The van der Waals surface area contributed by atoms with Crippen molar-refractivity contribution in [1.82, 2.24) is 19.9 Å². The van der Waals surface area contributed by atoms with E-state index in [0.717, 1.165) is 37.3 Å². The average Bonchev–Trinajstić information content (AvgIpc) is 2.90. The fraction of sp³-hybridized carbons (Fsp3) is 0.345. The molecule has 192 valence electrons. The summed E-state index contributed by atoms with van der Waals surface area (Å²) in [6.45, 7) is 4.49. The van der Waals surface area contributed by atoms with Crippen molar-refractivity contribution in [1.29, 1.82) is 0 Å². The number of halogens is 3. The maximum absolute atomic E-state index is 13.7. The summed E-state index contributed by atoms with van der Waals surface area (Å²) in [5, 5.41) is 4.23. The number of alkyl halides is 3. The zero-order chi connectivity index (χ0) is 25.8. The minimum absolute atomic E-state index is 0.0969. The van der Waals surface area contributed by atoms with E-state index in [9.17, 15) is 13.2 Å². The van der Waals surface area contributed by atoms with E-state index >= 15 is 0 Å². The third kappa shape index (κ3) is 5.91. The normalized spacial score (nSPS) is 16.7. The van der Waals surface area contributed by atoms with Crippen molar-refractivity contribution in [2.24, 2.45) is 0 Å². The molecule has 5 rings (SSSR count). The molecule has 5 nitrogen and oxygen atoms in total. The van der Waals surface area contributed by atoms with Gasteiger partial charge in [0.1, 0.15) is 11.6 Å². The molecule has 8 heteroatoms. The van der Waals surface area contributed by atoms with Crippen molar-refractivity contribution >= 4 is 16.7 Å². The van der Waals surface area contributed by atoms with Crippen molar-refractivity contribution in [2.45, 2.75) is 51.4 Å². The molecule has 0 amide bonds. The average molecular weight is 506 g/mol. The second-order valence-electron chi connectivity index (χ2n) is 9.60. The molecule has 1 N–H and O–H groups in total. The Morgan fingerprint density at radius 1 is 1.00 bits per heavy atom. The van der Waals surface area contributed by atoms with Gasteiger partial charge in [-0.05, 0) is 62.6 Å². The van der Waals surface area contributed by atoms with Crippen LogP contribution in [0.1, 0.15) is 43.1 Å². The summed E-state index contributed by atoms with van der Waals surface area (Å²) in [5.74, 6) is 1.36. The molecule has 3 heterocycles. The SMILES string of the molecule is CC1CCCCN1Cc1nc(NCCc2ccccc2)c2ccc(-c3ncccc3C(F)(F)F)cc2n1. The van der Waals surface area contributed by atoms with Gasteiger partial charge >= 0.3 is 6.18 Å². The van der Waals surface area contributed by atoms with Crippen molar-refractivity contribution in [3.8, 4) is 11.3 Å². The van der Waals surface area contributed by atoms with Crippen LogP contribution in [0.2, 0.25) is 0 Å². The Balaban J connectivity index is 1.51. The number of aromatic nitrogens is 3. The van der Waals surface area contributed by atoms with E-state index in [0.29, 0.717) is 41.9 Å². The first-order chi connectivity index (χ1) is 17.9. The first kappa shape index (κ1) is 25.1. The van der Waals surface area contributed by atoms with Gasteiger partial charge in [0.25, 0.3) is 0 Å². The minimum atomic E-state index is -4.50. The summed E-state index contributed by atoms with van der Waals surface area (Å²) in [6, 6.07) is 18.2. The van der Waals surface area contributed by atoms with Gasteiger partial charge in [0.05, 0.1) is 23.3 Å². The smallest absolute Gasteiger partial charge is 0.369 e. The van der Waals surface area contributed by atoms with E-state index in [-0.39, 0.29) is 5.69 Å². The van der Waals surface area contributed by atoms with Gasteiger partial charge in [-0.15, -0.1) is 0 Å². The second-order valence-corrected chi connectivity index (χ2v) is 9.60. The molecule has 1 fully saturated rings. The van der Waals surface area contributed by atoms with Crippen LogP contribution in [0.25, 0.3) is 22.2 Å². The largest absolute Gasteiger partial charge is 0.418 e. The van der Waals surface area contributed by atoms with Gasteiger partial charge < -0.3 is 5.32 Å². The number of pyridine rings is 1. The molecule has 0 spiro atoms. The number of piperidine rings is 1. The third-order valence-electron chi connectivity index (χ3n) is 6.96. The number of nitrogens with one attached hydrogen (secondary N) is 1. The molecule has 1 aliphatic rings. The van der Waals surface area contributed by atoms with Gasteiger partial charge in [0.15, 0.2) is 0 Å². The highest BCUT2D eigenvalue weighted by molar-refractivity contribution is 5.92. The molecule has 1 aliphatic heterocycles. The van der Waals surface area contributed by atoms with E-state index in [1.54, 1.807) is 18.2 Å². The van der Waals surface area contributed by atoms with Crippen LogP contribution in [0.3, 0.4) is 0 Å². The van der Waals surface area contributed by atoms with E-state index in [1.165, 1.54) is 24.2 Å². The highest BCUT2D eigenvalue weighted by atomic mass is 19.4. The standard InChI is InChI=1S/C29H30F3N5/c1-20-8-5-6-17-37(20)19-26-35-25-18-22(27-24(29(30,31)32)11-7-15-33-27)12-13-23(25)28(36-26)34-16-14-21-9-3-2-4-10-21/h2-4,7,9-13,15,18,20H,5-6,8,14,16-17,19H2,1H3,(H,34,35,36). The monoisotopic (exact) mass is 505 g/mol. The number of hydrogen-bond acceptors (Lipinski definition) is 5. The number of fused-ring (bicyclic) bond motifs is 1. The fourth-order valence-corrected chi connectivity index (χ4v) is 4.94. The van der Waals surface area contributed by atoms with Crippen molar-refractivity contribution in [2.75, 3.05) is 18.4 Å². The summed E-state index contributed by atoms with van der Waals surface area (Å²) in [6.07, 6.45) is 1.21. The van der Waals surface area contributed by atoms with Gasteiger partial charge in [-0.2, -0.15) is 13.2 Å². The minimum Gasteiger partial charge on any atom is -0.369 e. The lowest BCUT2D eigenvalue weighted by atomic mass is 10.0. The number of likely N-dealkylation sites (tertiary alicyclic amines) is 1. The maximum Gasteiger partial charge on any atom is 0.418 e. The Kier molecular flexibility index (Phi) is 7.37. The molecule has 1 saturated heterocycles. The lowest BCUT2D eigenvalue weighted by Crippen LogP contribution is -2.37. The summed E-state index contributed by atoms with van der Waals surface area (Å²) < 4.78 is 41.0. The van der Waals surface area contributed by atoms with Gasteiger partial charge in [-0.3, -0.25) is 9.88 Å². The van der Waals surface area contributed by atoms with Crippen molar-refractivity contribution in [3.05, 3.63) is 83.8 Å². The van der Waals surface area contributed by atoms with Crippen molar-refractivity contribution < 1.29 is 13.2 Å². The summed E-state index contributed by atoms with van der Waals surface area (Å²) in [4.78, 5) is 16.1. The van der Waals surface area contributed by atoms with Crippen LogP contribution in [-0.2, 0) is 19.1 Å². The molecule has 37 heavy (non-hydrogen) atoms. The Morgan fingerprint density at radius 3 is 2.62 bits per heavy atom. The number of rotatable bonds is 7. The van der Waals surface area contributed by atoms with Gasteiger partial charge in [0, 0.05) is 29.7 Å². The predicted molar refractivity (Wildman–Crippen MR) is 140 cm³/mol. The van der Waals surface area contributed by atoms with Crippen LogP contribution in [0, 0.1) is 0 Å². The predicted octanol–water partition coefficient (Wildman–Crippen LogP) is 6.74. The quantitative estimate of drug-likeness (QED) is 0.302. The second kappa shape index (κ2) is 10.8. The number of anilines is 1. The van der Waals surface area contributed by atoms with Crippen LogP contribution in [-0.4, -0.2) is 39.0 Å². The topological polar surface area (TPSA) is 53.9 Å². The van der Waals surface area contributed by atoms with Crippen LogP contribution < -0.4 is 5.32 Å². The first-order valence-corrected chi connectivity index (χ1v) is 12.7. The third-order valence-corrected chi connectivity index (χ3v) is 6.96. The lowest BCUT2D eigenvalue weighted by Gasteiger charge is -2.32. The van der Waals surface area contributed by atoms with Gasteiger partial charge in [-0.1, -0.05) is 42.8 Å². The highest BCUT2D eigenvalue weighted by Crippen LogP contribution is 2.37. The molecule has 0 bridgehead atoms. The van der Waals surface area contributed by atoms with E-state index in [4.69, 9.17) is 9.97 Å². The molecular weight excluding hydrogens is 475 g/mol. The maximum atomic E-state index is 13.7. The van der Waals surface area contributed by atoms with Gasteiger partial charge in [-0.25, -0.2) is 9.97 Å². The van der Waals surface area contributed by atoms with E-state index < -0.39 is 11.7 Å². The molecule has 0 radical (unpaired) electrons. The van der Waals surface area contributed by atoms with Gasteiger partial charge in [0.2, 0.25) is 0 Å². The molecule has 0 aliphatic carbocycles. The Bertz CT molecular complexity index is 1360. The first-order valence-electron chi connectivity index (χ1n) is 12.7. The molecule has 4 aromatic rings. The van der Waals surface area contributed by atoms with E-state index in [1.807, 2.05) is 18.2 Å². The molecule has 1 atom stereocenters. The highest BCUT2D eigenvalue weighted by Gasteiger charge is 2.34. The Hall–Kier alpha value is -3.52. The number of benzene rings is 2. The van der Waals surface area contributed by atoms with Crippen molar-refractivity contribution in [3.63, 3.8) is 0 Å². The molecule has 1 unspecified atom stereocenters. The Labute approximate surface area is 214 Å². The van der Waals surface area contributed by atoms with E-state index in [2.05, 4.69) is 34.3 Å².